The van der Waals surface area contributed by atoms with Crippen LogP contribution in [0.1, 0.15) is 36.0 Å². The number of carboxylic acid groups (broad SMARTS) is 2. The van der Waals surface area contributed by atoms with E-state index >= 15 is 0 Å². The summed E-state index contributed by atoms with van der Waals surface area (Å²) in [5.74, 6) is -2.51. The number of fused-ring (bicyclic) bond motifs is 4. The number of halogens is 5. The van der Waals surface area contributed by atoms with E-state index in [9.17, 15) is 22.8 Å². The van der Waals surface area contributed by atoms with Gasteiger partial charge >= 0.3 is 18.1 Å². The van der Waals surface area contributed by atoms with Gasteiger partial charge in [-0.3, -0.25) is 4.90 Å². The van der Waals surface area contributed by atoms with Crippen LogP contribution in [0.4, 0.5) is 24.5 Å². The van der Waals surface area contributed by atoms with Gasteiger partial charge in [-0.25, -0.2) is 9.59 Å². The van der Waals surface area contributed by atoms with E-state index in [1.807, 2.05) is 40.9 Å². The molecule has 0 amide bonds. The van der Waals surface area contributed by atoms with Crippen molar-refractivity contribution in [3.8, 4) is 0 Å². The molecule has 4 aromatic rings. The number of piperidine rings is 1. The summed E-state index contributed by atoms with van der Waals surface area (Å²) in [6, 6.07) is 29.7. The molecule has 0 radical (unpaired) electrons. The van der Waals surface area contributed by atoms with Crippen molar-refractivity contribution in [2.24, 2.45) is 0 Å². The van der Waals surface area contributed by atoms with Gasteiger partial charge < -0.3 is 30.0 Å². The molecule has 16 heteroatoms. The third-order valence-electron chi connectivity index (χ3n) is 10.5. The fourth-order valence-electron chi connectivity index (χ4n) is 7.53. The number of para-hydroxylation sites is 1. The molecule has 0 bridgehead atoms. The Morgan fingerprint density at radius 3 is 1.69 bits per heavy atom. The second-order valence-electron chi connectivity index (χ2n) is 14.5. The fourth-order valence-corrected chi connectivity index (χ4v) is 9.69. The Kier molecular flexibility index (Phi) is 19.1. The van der Waals surface area contributed by atoms with Crippen LogP contribution in [0.2, 0.25) is 0 Å². The number of alkyl halides is 3. The number of likely N-dealkylation sites (tertiary alicyclic amines) is 1. The molecule has 2 saturated heterocycles. The number of aliphatic hydroxyl groups is 1. The molecule has 0 atom stereocenters. The standard InChI is InChI=1S/C22H26F3N3OS.C19H19NS.C4H4O4.2ClH/c23-22(24,25)17-6-7-21-19(16-17)28(18-4-1-2-5-20(18)30-21)9-3-8-26-10-12-27(13-11-26)14-15-29;1-20-12-10-14(11-13-20)19-15-6-2-4-8-17(15)21-18-9-5-3-7-16(18)19;5-3(6)1-2-4(7)8;;/h1-2,4-7,16,29H,3,8-15H2;2-9H,10-13H2,1H3;1-2H,(H,5,6)(H,7,8);2*1H. The van der Waals surface area contributed by atoms with Crippen LogP contribution in [0, 0.1) is 0 Å². The van der Waals surface area contributed by atoms with Crippen molar-refractivity contribution in [1.29, 1.82) is 0 Å². The maximum Gasteiger partial charge on any atom is 0.416 e. The summed E-state index contributed by atoms with van der Waals surface area (Å²) in [7, 11) is 2.22. The highest BCUT2D eigenvalue weighted by Crippen LogP contribution is 2.50. The minimum atomic E-state index is -4.35. The maximum absolute atomic E-state index is 13.3. The average molecular weight is 920 g/mol. The van der Waals surface area contributed by atoms with E-state index in [0.29, 0.717) is 30.9 Å². The zero-order valence-electron chi connectivity index (χ0n) is 33.7. The molecular weight excluding hydrogens is 869 g/mol. The summed E-state index contributed by atoms with van der Waals surface area (Å²) in [6.45, 7) is 8.65. The van der Waals surface area contributed by atoms with Crippen LogP contribution >= 0.6 is 48.3 Å². The van der Waals surface area contributed by atoms with Gasteiger partial charge in [-0.1, -0.05) is 77.6 Å². The molecule has 2 fully saturated rings. The molecule has 0 aliphatic carbocycles. The van der Waals surface area contributed by atoms with Crippen molar-refractivity contribution < 1.29 is 38.1 Å². The first-order valence-electron chi connectivity index (χ1n) is 19.6. The minimum Gasteiger partial charge on any atom is -0.478 e. The number of anilines is 2. The predicted octanol–water partition coefficient (Wildman–Crippen LogP) is 9.54. The van der Waals surface area contributed by atoms with Crippen molar-refractivity contribution in [3.05, 3.63) is 125 Å². The molecule has 0 unspecified atom stereocenters. The highest BCUT2D eigenvalue weighted by molar-refractivity contribution is 8.00. The van der Waals surface area contributed by atoms with Gasteiger partial charge in [0.2, 0.25) is 0 Å². The monoisotopic (exact) mass is 918 g/mol. The van der Waals surface area contributed by atoms with Crippen LogP contribution in [-0.2, 0) is 15.8 Å². The van der Waals surface area contributed by atoms with E-state index in [4.69, 9.17) is 15.3 Å². The number of β-amino-alcohol motifs (C(OH)–C–C–N with tert-alkyl or cyclic N) is 1. The van der Waals surface area contributed by atoms with Crippen LogP contribution in [0.15, 0.2) is 128 Å². The third-order valence-corrected chi connectivity index (χ3v) is 12.8. The van der Waals surface area contributed by atoms with Gasteiger partial charge in [0.1, 0.15) is 0 Å². The zero-order valence-corrected chi connectivity index (χ0v) is 37.0. The molecule has 0 spiro atoms. The SMILES string of the molecule is CN1CCC(=C2c3ccccc3Sc3ccccc32)CC1.Cl.Cl.O=C(O)C=CC(=O)O.OCCN1CCN(CCCN2c3ccccc3Sc3ccc(C(F)(F)F)cc32)CC1. The molecule has 4 aliphatic rings. The number of nitrogens with zero attached hydrogens (tertiary/aromatic N) is 4. The number of rotatable bonds is 8. The first-order valence-corrected chi connectivity index (χ1v) is 21.3. The molecule has 0 aromatic heterocycles. The lowest BCUT2D eigenvalue weighted by Crippen LogP contribution is -2.47. The van der Waals surface area contributed by atoms with Crippen LogP contribution in [0.5, 0.6) is 0 Å². The summed E-state index contributed by atoms with van der Waals surface area (Å²) < 4.78 is 39.9. The van der Waals surface area contributed by atoms with E-state index in [1.165, 1.54) is 76.3 Å². The molecule has 4 aromatic carbocycles. The molecule has 4 aliphatic heterocycles. The molecule has 4 heterocycles. The van der Waals surface area contributed by atoms with Crippen LogP contribution < -0.4 is 4.90 Å². The minimum absolute atomic E-state index is 0. The first-order chi connectivity index (χ1) is 28.4. The fraction of sp³-hybridized carbons (Fsp3) is 0.333. The van der Waals surface area contributed by atoms with Crippen LogP contribution in [-0.4, -0.2) is 115 Å². The zero-order chi connectivity index (χ0) is 41.9. The highest BCUT2D eigenvalue weighted by Gasteiger charge is 2.33. The largest absolute Gasteiger partial charge is 0.478 e. The molecule has 3 N–H and O–H groups in total. The van der Waals surface area contributed by atoms with Crippen molar-refractivity contribution in [3.63, 3.8) is 0 Å². The molecule has 0 saturated carbocycles. The van der Waals surface area contributed by atoms with E-state index in [-0.39, 0.29) is 31.4 Å². The summed E-state index contributed by atoms with van der Waals surface area (Å²) in [5.41, 5.74) is 7.01. The normalized spacial score (nSPS) is 16.2. The molecule has 61 heavy (non-hydrogen) atoms. The van der Waals surface area contributed by atoms with E-state index in [1.54, 1.807) is 11.6 Å². The lowest BCUT2D eigenvalue weighted by Gasteiger charge is -2.36. The Morgan fingerprint density at radius 2 is 1.15 bits per heavy atom. The third kappa shape index (κ3) is 13.5. The Hall–Kier alpha value is -3.99. The summed E-state index contributed by atoms with van der Waals surface area (Å²) >= 11 is 3.43. The van der Waals surface area contributed by atoms with Gasteiger partial charge in [-0.15, -0.1) is 24.8 Å². The van der Waals surface area contributed by atoms with Crippen LogP contribution in [0.25, 0.3) is 5.57 Å². The summed E-state index contributed by atoms with van der Waals surface area (Å²) in [4.78, 5) is 33.0. The molecule has 328 valence electrons. The summed E-state index contributed by atoms with van der Waals surface area (Å²) in [5, 5.41) is 24.7. The molecule has 9 nitrogen and oxygen atoms in total. The van der Waals surface area contributed by atoms with Gasteiger partial charge in [0.15, 0.2) is 0 Å². The van der Waals surface area contributed by atoms with Crippen molar-refractivity contribution in [2.45, 2.75) is 45.0 Å². The topological polar surface area (TPSA) is 108 Å². The Balaban J connectivity index is 0.000000230. The van der Waals surface area contributed by atoms with Crippen molar-refractivity contribution in [2.75, 3.05) is 77.5 Å². The lowest BCUT2D eigenvalue weighted by atomic mass is 9.88. The number of carboxylic acids is 2. The van der Waals surface area contributed by atoms with Crippen molar-refractivity contribution >= 4 is 77.2 Å². The van der Waals surface area contributed by atoms with E-state index < -0.39 is 23.7 Å². The highest BCUT2D eigenvalue weighted by atomic mass is 35.5. The Morgan fingerprint density at radius 1 is 0.656 bits per heavy atom. The van der Waals surface area contributed by atoms with Gasteiger partial charge in [-0.2, -0.15) is 13.2 Å². The number of carbonyl (C=O) groups is 2. The lowest BCUT2D eigenvalue weighted by molar-refractivity contribution is -0.137. The van der Waals surface area contributed by atoms with Gasteiger partial charge in [0.25, 0.3) is 0 Å². The van der Waals surface area contributed by atoms with E-state index in [2.05, 4.69) is 70.3 Å². The second kappa shape index (κ2) is 23.5. The molecular formula is C45H51Cl2F3N4O5S2. The predicted molar refractivity (Wildman–Crippen MR) is 242 cm³/mol. The van der Waals surface area contributed by atoms with Crippen molar-refractivity contribution in [1.82, 2.24) is 14.7 Å². The number of hydrogen-bond donors (Lipinski definition) is 3. The number of piperazine rings is 1. The van der Waals surface area contributed by atoms with Gasteiger partial charge in [-0.05, 0) is 92.0 Å². The first kappa shape index (κ1) is 49.7. The smallest absolute Gasteiger partial charge is 0.416 e. The number of hydrogen-bond acceptors (Lipinski definition) is 9. The second-order valence-corrected chi connectivity index (χ2v) is 16.7. The van der Waals surface area contributed by atoms with Gasteiger partial charge in [0.05, 0.1) is 23.5 Å². The Labute approximate surface area is 376 Å². The maximum atomic E-state index is 13.3. The quantitative estimate of drug-likeness (QED) is 0.130. The van der Waals surface area contributed by atoms with E-state index in [0.717, 1.165) is 54.6 Å². The summed E-state index contributed by atoms with van der Waals surface area (Å²) in [6.07, 6.45) is 0.0221. The van der Waals surface area contributed by atoms with Gasteiger partial charge in [0, 0.05) is 84.1 Å². The number of benzene rings is 4. The molecule has 8 rings (SSSR count). The number of aliphatic hydroxyl groups excluding tert-OH is 1. The number of aliphatic carboxylic acids is 2. The van der Waals surface area contributed by atoms with Crippen LogP contribution in [0.3, 0.4) is 0 Å². The average Bonchev–Trinajstić information content (AvgIpc) is 3.23. The Bertz CT molecular complexity index is 2100.